The first-order chi connectivity index (χ1) is 14.4. The van der Waals surface area contributed by atoms with Crippen molar-refractivity contribution < 1.29 is 19.8 Å². The lowest BCUT2D eigenvalue weighted by Gasteiger charge is -2.37. The molecule has 30 heavy (non-hydrogen) atoms. The molecule has 1 heterocycles. The molecule has 1 aliphatic rings. The molecule has 0 radical (unpaired) electrons. The number of nitrogens with one attached hydrogen (secondary N) is 1. The van der Waals surface area contributed by atoms with Gasteiger partial charge in [0.2, 0.25) is 0 Å². The molecule has 3 rings (SSSR count). The van der Waals surface area contributed by atoms with Crippen LogP contribution in [-0.4, -0.2) is 71.9 Å². The number of anilines is 1. The summed E-state index contributed by atoms with van der Waals surface area (Å²) in [6.45, 7) is 5.12. The zero-order chi connectivity index (χ0) is 21.7. The number of carbonyl (C=O) groups excluding carboxylic acids is 2. The van der Waals surface area contributed by atoms with Gasteiger partial charge in [0.15, 0.2) is 5.78 Å². The molecule has 0 unspecified atom stereocenters. The number of ketones is 1. The summed E-state index contributed by atoms with van der Waals surface area (Å²) in [6, 6.07) is 15.3. The fourth-order valence-corrected chi connectivity index (χ4v) is 3.57. The van der Waals surface area contributed by atoms with E-state index in [9.17, 15) is 14.7 Å². The molecule has 160 valence electrons. The Bertz CT molecular complexity index is 857. The summed E-state index contributed by atoms with van der Waals surface area (Å²) < 4.78 is 0. The first kappa shape index (κ1) is 21.8. The van der Waals surface area contributed by atoms with Crippen LogP contribution in [0.15, 0.2) is 48.5 Å². The van der Waals surface area contributed by atoms with Crippen LogP contribution in [0.25, 0.3) is 11.1 Å². The Morgan fingerprint density at radius 1 is 0.967 bits per heavy atom. The summed E-state index contributed by atoms with van der Waals surface area (Å²) >= 11 is 0. The number of nitrogens with zero attached hydrogens (tertiary/aromatic N) is 2. The monoisotopic (exact) mass is 411 g/mol. The minimum atomic E-state index is -1.10. The van der Waals surface area contributed by atoms with Crippen LogP contribution < -0.4 is 10.2 Å². The predicted molar refractivity (Wildman–Crippen MR) is 116 cm³/mol. The van der Waals surface area contributed by atoms with Crippen molar-refractivity contribution in [2.45, 2.75) is 26.0 Å². The van der Waals surface area contributed by atoms with Crippen molar-refractivity contribution in [1.29, 1.82) is 0 Å². The second-order valence-electron chi connectivity index (χ2n) is 7.68. The molecule has 1 aliphatic heterocycles. The summed E-state index contributed by atoms with van der Waals surface area (Å²) in [5, 5.41) is 21.2. The molecule has 1 fully saturated rings. The van der Waals surface area contributed by atoms with Gasteiger partial charge in [-0.15, -0.1) is 0 Å². The highest BCUT2D eigenvalue weighted by molar-refractivity contribution is 5.89. The molecular formula is C23H29N3O4. The van der Waals surface area contributed by atoms with Crippen LogP contribution in [0, 0.1) is 6.92 Å². The van der Waals surface area contributed by atoms with E-state index in [4.69, 9.17) is 5.11 Å². The third-order valence-electron chi connectivity index (χ3n) is 5.45. The zero-order valence-corrected chi connectivity index (χ0v) is 17.4. The average molecular weight is 412 g/mol. The van der Waals surface area contributed by atoms with Crippen molar-refractivity contribution in [2.24, 2.45) is 0 Å². The molecule has 0 aromatic heterocycles. The number of hydrogen-bond acceptors (Lipinski definition) is 5. The molecule has 7 heteroatoms. The number of benzene rings is 2. The van der Waals surface area contributed by atoms with Gasteiger partial charge in [0.1, 0.15) is 12.6 Å². The van der Waals surface area contributed by atoms with E-state index in [0.717, 1.165) is 11.3 Å². The van der Waals surface area contributed by atoms with Gasteiger partial charge >= 0.3 is 6.03 Å². The molecule has 0 saturated carbocycles. The molecule has 0 aliphatic carbocycles. The average Bonchev–Trinajstić information content (AvgIpc) is 2.77. The number of Topliss-reactive ketones (excluding diaryl/α,β-unsaturated/α-hetero) is 1. The van der Waals surface area contributed by atoms with Gasteiger partial charge in [0.05, 0.1) is 6.10 Å². The van der Waals surface area contributed by atoms with E-state index in [1.54, 1.807) is 4.90 Å². The Balaban J connectivity index is 1.56. The number of aliphatic hydroxyl groups excluding tert-OH is 2. The normalized spacial score (nSPS) is 16.1. The number of aryl methyl sites for hydroxylation is 1. The van der Waals surface area contributed by atoms with Crippen molar-refractivity contribution in [1.82, 2.24) is 10.2 Å². The first-order valence-corrected chi connectivity index (χ1v) is 10.2. The highest BCUT2D eigenvalue weighted by atomic mass is 16.3. The van der Waals surface area contributed by atoms with Crippen LogP contribution in [-0.2, 0) is 4.79 Å². The number of carbonyl (C=O) groups is 2. The minimum absolute atomic E-state index is 0.405. The van der Waals surface area contributed by atoms with Crippen LogP contribution >= 0.6 is 0 Å². The van der Waals surface area contributed by atoms with Crippen LogP contribution in [0.5, 0.6) is 0 Å². The van der Waals surface area contributed by atoms with Crippen molar-refractivity contribution in [3.63, 3.8) is 0 Å². The van der Waals surface area contributed by atoms with Gasteiger partial charge in [-0.25, -0.2) is 4.79 Å². The van der Waals surface area contributed by atoms with Gasteiger partial charge < -0.3 is 25.3 Å². The second kappa shape index (κ2) is 9.73. The summed E-state index contributed by atoms with van der Waals surface area (Å²) in [5.41, 5.74) is 4.68. The highest BCUT2D eigenvalue weighted by Crippen LogP contribution is 2.24. The number of amides is 2. The summed E-state index contributed by atoms with van der Waals surface area (Å²) in [7, 11) is 0. The van der Waals surface area contributed by atoms with Gasteiger partial charge in [0.25, 0.3) is 0 Å². The van der Waals surface area contributed by atoms with Crippen molar-refractivity contribution >= 4 is 17.5 Å². The summed E-state index contributed by atoms with van der Waals surface area (Å²) in [6.07, 6.45) is -1.07. The molecule has 3 N–H and O–H groups in total. The molecule has 1 saturated heterocycles. The lowest BCUT2D eigenvalue weighted by molar-refractivity contribution is -0.125. The Hall–Kier alpha value is -2.90. The van der Waals surface area contributed by atoms with E-state index in [-0.39, 0.29) is 0 Å². The number of piperazine rings is 1. The summed E-state index contributed by atoms with van der Waals surface area (Å²) in [4.78, 5) is 28.0. The lowest BCUT2D eigenvalue weighted by Crippen LogP contribution is -2.57. The number of aliphatic hydroxyl groups is 2. The predicted octanol–water partition coefficient (Wildman–Crippen LogP) is 1.80. The molecule has 2 aromatic rings. The van der Waals surface area contributed by atoms with Gasteiger partial charge in [-0.05, 0) is 37.1 Å². The molecule has 0 spiro atoms. The van der Waals surface area contributed by atoms with Crippen molar-refractivity contribution in [3.05, 3.63) is 54.1 Å². The van der Waals surface area contributed by atoms with Crippen molar-refractivity contribution in [3.8, 4) is 11.1 Å². The van der Waals surface area contributed by atoms with Crippen LogP contribution in [0.2, 0.25) is 0 Å². The number of urea groups is 1. The van der Waals surface area contributed by atoms with E-state index in [1.807, 2.05) is 0 Å². The second-order valence-corrected chi connectivity index (χ2v) is 7.68. The maximum absolute atomic E-state index is 12.5. The molecule has 2 amide bonds. The third kappa shape index (κ3) is 5.17. The Morgan fingerprint density at radius 2 is 1.50 bits per heavy atom. The molecular weight excluding hydrogens is 382 g/mol. The minimum Gasteiger partial charge on any atom is -0.391 e. The highest BCUT2D eigenvalue weighted by Gasteiger charge is 2.28. The molecule has 7 nitrogen and oxygen atoms in total. The smallest absolute Gasteiger partial charge is 0.318 e. The Labute approximate surface area is 176 Å². The SMILES string of the molecule is Cc1ccc(-c2ccc(N3CCN(C(=O)N[C@H](C(=O)CO)[C@@H](C)O)CC3)cc2)cc1. The standard InChI is InChI=1S/C23H29N3O4/c1-16-3-5-18(6-4-16)19-7-9-20(10-8-19)25-11-13-26(14-12-25)23(30)24-22(17(2)28)21(29)15-27/h3-10,17,22,27-28H,11-15H2,1-2H3,(H,24,30)/t17-,22+/m1/s1. The fourth-order valence-electron chi connectivity index (χ4n) is 3.57. The van der Waals surface area contributed by atoms with E-state index in [0.29, 0.717) is 26.2 Å². The summed E-state index contributed by atoms with van der Waals surface area (Å²) in [5.74, 6) is -0.606. The van der Waals surface area contributed by atoms with E-state index in [2.05, 4.69) is 65.7 Å². The third-order valence-corrected chi connectivity index (χ3v) is 5.45. The fraction of sp³-hybridized carbons (Fsp3) is 0.391. The van der Waals surface area contributed by atoms with Crippen LogP contribution in [0.1, 0.15) is 12.5 Å². The van der Waals surface area contributed by atoms with Gasteiger partial charge in [-0.1, -0.05) is 42.0 Å². The van der Waals surface area contributed by atoms with Gasteiger partial charge in [-0.2, -0.15) is 0 Å². The molecule has 2 atom stereocenters. The molecule has 0 bridgehead atoms. The maximum Gasteiger partial charge on any atom is 0.318 e. The molecule has 2 aromatic carbocycles. The number of rotatable bonds is 6. The topological polar surface area (TPSA) is 93.1 Å². The zero-order valence-electron chi connectivity index (χ0n) is 17.4. The lowest BCUT2D eigenvalue weighted by atomic mass is 10.0. The Kier molecular flexibility index (Phi) is 7.07. The van der Waals surface area contributed by atoms with Gasteiger partial charge in [0, 0.05) is 31.9 Å². The Morgan fingerprint density at radius 3 is 2.00 bits per heavy atom. The maximum atomic E-state index is 12.5. The van der Waals surface area contributed by atoms with Gasteiger partial charge in [-0.3, -0.25) is 4.79 Å². The van der Waals surface area contributed by atoms with Crippen LogP contribution in [0.4, 0.5) is 10.5 Å². The number of hydrogen-bond donors (Lipinski definition) is 3. The van der Waals surface area contributed by atoms with Crippen LogP contribution in [0.3, 0.4) is 0 Å². The van der Waals surface area contributed by atoms with E-state index in [1.165, 1.54) is 18.1 Å². The first-order valence-electron chi connectivity index (χ1n) is 10.2. The van der Waals surface area contributed by atoms with E-state index < -0.39 is 30.6 Å². The van der Waals surface area contributed by atoms with Crippen molar-refractivity contribution in [2.75, 3.05) is 37.7 Å². The quantitative estimate of drug-likeness (QED) is 0.674. The largest absolute Gasteiger partial charge is 0.391 e. The van der Waals surface area contributed by atoms with E-state index >= 15 is 0 Å².